The van der Waals surface area contributed by atoms with Gasteiger partial charge in [-0.05, 0) is 31.4 Å². The van der Waals surface area contributed by atoms with Crippen LogP contribution in [0.4, 0.5) is 0 Å². The molecule has 26 heavy (non-hydrogen) atoms. The van der Waals surface area contributed by atoms with E-state index in [0.29, 0.717) is 24.0 Å². The van der Waals surface area contributed by atoms with Crippen LogP contribution in [0.15, 0.2) is 24.3 Å². The van der Waals surface area contributed by atoms with Crippen LogP contribution in [-0.2, 0) is 10.0 Å². The fourth-order valence-corrected chi connectivity index (χ4v) is 3.84. The SMILES string of the molecule is CCC(N)(CC)CNS(=O)(=O)CCCN1C(=O)c2ccccc2C1=O.Cl. The number of benzene rings is 1. The van der Waals surface area contributed by atoms with Gasteiger partial charge in [0.25, 0.3) is 11.8 Å². The maximum Gasteiger partial charge on any atom is 0.261 e. The fourth-order valence-electron chi connectivity index (χ4n) is 2.68. The highest BCUT2D eigenvalue weighted by Gasteiger charge is 2.34. The number of hydrogen-bond donors (Lipinski definition) is 2. The molecule has 0 fully saturated rings. The summed E-state index contributed by atoms with van der Waals surface area (Å²) in [5.41, 5.74) is 6.27. The highest BCUT2D eigenvalue weighted by molar-refractivity contribution is 7.89. The van der Waals surface area contributed by atoms with E-state index in [1.165, 1.54) is 0 Å². The number of fused-ring (bicyclic) bond motifs is 1. The van der Waals surface area contributed by atoms with E-state index < -0.39 is 15.6 Å². The summed E-state index contributed by atoms with van der Waals surface area (Å²) < 4.78 is 26.7. The van der Waals surface area contributed by atoms with Crippen molar-refractivity contribution in [2.45, 2.75) is 38.6 Å². The lowest BCUT2D eigenvalue weighted by atomic mass is 9.95. The first-order valence-corrected chi connectivity index (χ1v) is 10.1. The molecule has 0 aliphatic carbocycles. The average molecular weight is 404 g/mol. The number of carbonyl (C=O) groups excluding carboxylic acids is 2. The van der Waals surface area contributed by atoms with Gasteiger partial charge in [0.1, 0.15) is 0 Å². The smallest absolute Gasteiger partial charge is 0.261 e. The van der Waals surface area contributed by atoms with Crippen molar-refractivity contribution in [3.05, 3.63) is 35.4 Å². The predicted octanol–water partition coefficient (Wildman–Crippen LogP) is 1.53. The normalized spacial score (nSPS) is 14.3. The minimum Gasteiger partial charge on any atom is -0.324 e. The third-order valence-corrected chi connectivity index (χ3v) is 6.14. The average Bonchev–Trinajstić information content (AvgIpc) is 2.85. The van der Waals surface area contributed by atoms with Crippen LogP contribution in [0.2, 0.25) is 0 Å². The van der Waals surface area contributed by atoms with Crippen LogP contribution in [0.3, 0.4) is 0 Å². The van der Waals surface area contributed by atoms with E-state index in [0.717, 1.165) is 4.90 Å². The van der Waals surface area contributed by atoms with Crippen molar-refractivity contribution in [1.29, 1.82) is 0 Å². The van der Waals surface area contributed by atoms with E-state index in [1.54, 1.807) is 24.3 Å². The van der Waals surface area contributed by atoms with Gasteiger partial charge in [-0.2, -0.15) is 0 Å². The predicted molar refractivity (Wildman–Crippen MR) is 103 cm³/mol. The molecule has 0 saturated heterocycles. The number of amides is 2. The first-order chi connectivity index (χ1) is 11.7. The van der Waals surface area contributed by atoms with Gasteiger partial charge in [-0.15, -0.1) is 12.4 Å². The number of rotatable bonds is 9. The Morgan fingerprint density at radius 1 is 1.08 bits per heavy atom. The van der Waals surface area contributed by atoms with Crippen LogP contribution in [0, 0.1) is 0 Å². The molecule has 1 heterocycles. The van der Waals surface area contributed by atoms with Crippen molar-refractivity contribution in [3.63, 3.8) is 0 Å². The molecule has 0 atom stereocenters. The molecular formula is C17H26ClN3O4S. The molecule has 1 aliphatic rings. The standard InChI is InChI=1S/C17H25N3O4S.ClH/c1-3-17(18,4-2)12-19-25(23,24)11-7-10-20-15(21)13-8-5-6-9-14(13)16(20)22;/h5-6,8-9,19H,3-4,7,10-12,18H2,1-2H3;1H. The second kappa shape index (κ2) is 8.94. The zero-order valence-corrected chi connectivity index (χ0v) is 16.7. The Morgan fingerprint density at radius 3 is 2.04 bits per heavy atom. The van der Waals surface area contributed by atoms with Crippen molar-refractivity contribution >= 4 is 34.2 Å². The molecule has 2 rings (SSSR count). The van der Waals surface area contributed by atoms with Crippen LogP contribution in [0.5, 0.6) is 0 Å². The third-order valence-electron chi connectivity index (χ3n) is 4.73. The topological polar surface area (TPSA) is 110 Å². The Balaban J connectivity index is 0.00000338. The van der Waals surface area contributed by atoms with Crippen molar-refractivity contribution in [3.8, 4) is 0 Å². The van der Waals surface area contributed by atoms with E-state index >= 15 is 0 Å². The maximum atomic E-state index is 12.2. The molecule has 146 valence electrons. The highest BCUT2D eigenvalue weighted by Crippen LogP contribution is 2.22. The van der Waals surface area contributed by atoms with E-state index in [4.69, 9.17) is 5.73 Å². The molecule has 3 N–H and O–H groups in total. The van der Waals surface area contributed by atoms with Gasteiger partial charge in [0.15, 0.2) is 0 Å². The summed E-state index contributed by atoms with van der Waals surface area (Å²) in [6.45, 7) is 4.08. The Kier molecular flexibility index (Phi) is 7.76. The number of nitrogens with zero attached hydrogens (tertiary/aromatic N) is 1. The van der Waals surface area contributed by atoms with Crippen molar-refractivity contribution in [2.24, 2.45) is 5.73 Å². The molecule has 0 unspecified atom stereocenters. The molecule has 7 nitrogen and oxygen atoms in total. The summed E-state index contributed by atoms with van der Waals surface area (Å²) >= 11 is 0. The van der Waals surface area contributed by atoms with E-state index in [2.05, 4.69) is 4.72 Å². The monoisotopic (exact) mass is 403 g/mol. The number of nitrogens with two attached hydrogens (primary N) is 1. The summed E-state index contributed by atoms with van der Waals surface area (Å²) in [5.74, 6) is -0.906. The minimum absolute atomic E-state index is 0. The summed E-state index contributed by atoms with van der Waals surface area (Å²) in [6, 6.07) is 6.60. The van der Waals surface area contributed by atoms with Crippen LogP contribution in [0.1, 0.15) is 53.8 Å². The molecule has 1 aromatic carbocycles. The van der Waals surface area contributed by atoms with Gasteiger partial charge >= 0.3 is 0 Å². The van der Waals surface area contributed by atoms with Gasteiger partial charge in [-0.25, -0.2) is 13.1 Å². The zero-order chi connectivity index (χ0) is 18.7. The van der Waals surface area contributed by atoms with Crippen LogP contribution in [0.25, 0.3) is 0 Å². The molecule has 0 saturated carbocycles. The van der Waals surface area contributed by atoms with Gasteiger partial charge in [0.05, 0.1) is 16.9 Å². The molecular weight excluding hydrogens is 378 g/mol. The molecule has 1 aliphatic heterocycles. The highest BCUT2D eigenvalue weighted by atomic mass is 35.5. The van der Waals surface area contributed by atoms with Gasteiger partial charge in [-0.3, -0.25) is 14.5 Å². The lowest BCUT2D eigenvalue weighted by Crippen LogP contribution is -2.49. The number of hydrogen-bond acceptors (Lipinski definition) is 5. The third kappa shape index (κ3) is 5.03. The number of nitrogens with one attached hydrogen (secondary N) is 1. The number of carbonyl (C=O) groups is 2. The quantitative estimate of drug-likeness (QED) is 0.607. The molecule has 0 aromatic heterocycles. The van der Waals surface area contributed by atoms with Crippen LogP contribution in [-0.4, -0.2) is 49.5 Å². The van der Waals surface area contributed by atoms with Crippen LogP contribution >= 0.6 is 12.4 Å². The van der Waals surface area contributed by atoms with Crippen molar-refractivity contribution in [2.75, 3.05) is 18.8 Å². The fraction of sp³-hybridized carbons (Fsp3) is 0.529. The Bertz CT molecular complexity index is 728. The first kappa shape index (κ1) is 22.6. The van der Waals surface area contributed by atoms with E-state index in [-0.39, 0.29) is 49.5 Å². The lowest BCUT2D eigenvalue weighted by Gasteiger charge is -2.26. The summed E-state index contributed by atoms with van der Waals surface area (Å²) in [4.78, 5) is 25.5. The lowest BCUT2D eigenvalue weighted by molar-refractivity contribution is 0.0654. The Labute approximate surface area is 160 Å². The van der Waals surface area contributed by atoms with Gasteiger partial charge < -0.3 is 5.73 Å². The second-order valence-electron chi connectivity index (χ2n) is 6.37. The largest absolute Gasteiger partial charge is 0.324 e. The van der Waals surface area contributed by atoms with Gasteiger partial charge in [0, 0.05) is 18.6 Å². The molecule has 0 bridgehead atoms. The Morgan fingerprint density at radius 2 is 1.58 bits per heavy atom. The summed E-state index contributed by atoms with van der Waals surface area (Å²) in [6.07, 6.45) is 1.51. The minimum atomic E-state index is -3.51. The van der Waals surface area contributed by atoms with E-state index in [1.807, 2.05) is 13.8 Å². The van der Waals surface area contributed by atoms with Crippen LogP contribution < -0.4 is 10.5 Å². The van der Waals surface area contributed by atoms with Crippen molar-refractivity contribution < 1.29 is 18.0 Å². The molecule has 0 radical (unpaired) electrons. The molecule has 2 amide bonds. The first-order valence-electron chi connectivity index (χ1n) is 8.44. The summed E-state index contributed by atoms with van der Waals surface area (Å²) in [7, 11) is -3.51. The van der Waals surface area contributed by atoms with Crippen molar-refractivity contribution in [1.82, 2.24) is 9.62 Å². The van der Waals surface area contributed by atoms with Gasteiger partial charge in [-0.1, -0.05) is 26.0 Å². The summed E-state index contributed by atoms with van der Waals surface area (Å²) in [5, 5.41) is 0. The molecule has 0 spiro atoms. The van der Waals surface area contributed by atoms with E-state index in [9.17, 15) is 18.0 Å². The molecule has 9 heteroatoms. The molecule has 1 aromatic rings. The Hall–Kier alpha value is -1.48. The maximum absolute atomic E-state index is 12.2. The number of sulfonamides is 1. The number of imide groups is 1. The zero-order valence-electron chi connectivity index (χ0n) is 15.0. The second-order valence-corrected chi connectivity index (χ2v) is 8.30. The van der Waals surface area contributed by atoms with Gasteiger partial charge in [0.2, 0.25) is 10.0 Å². The number of halogens is 1.